The number of thioether (sulfide) groups is 1. The molecular formula is C15H10N2O4S. The van der Waals surface area contributed by atoms with Crippen LogP contribution in [0.1, 0.15) is 5.76 Å². The van der Waals surface area contributed by atoms with Gasteiger partial charge in [-0.15, -0.1) is 0 Å². The Morgan fingerprint density at radius 3 is 2.91 bits per heavy atom. The van der Waals surface area contributed by atoms with Crippen molar-refractivity contribution in [2.75, 3.05) is 11.7 Å². The highest BCUT2D eigenvalue weighted by Crippen LogP contribution is 2.40. The number of benzene rings is 1. The van der Waals surface area contributed by atoms with Gasteiger partial charge in [0.25, 0.3) is 5.91 Å². The Hall–Kier alpha value is -2.67. The third-order valence-electron chi connectivity index (χ3n) is 3.25. The van der Waals surface area contributed by atoms with Gasteiger partial charge in [-0.1, -0.05) is 0 Å². The molecule has 1 aromatic heterocycles. The van der Waals surface area contributed by atoms with Crippen LogP contribution in [0.4, 0.5) is 5.69 Å². The van der Waals surface area contributed by atoms with Gasteiger partial charge >= 0.3 is 0 Å². The summed E-state index contributed by atoms with van der Waals surface area (Å²) >= 11 is 1.10. The predicted molar refractivity (Wildman–Crippen MR) is 82.1 cm³/mol. The van der Waals surface area contributed by atoms with Crippen molar-refractivity contribution in [2.24, 2.45) is 0 Å². The van der Waals surface area contributed by atoms with Crippen molar-refractivity contribution in [3.05, 3.63) is 47.3 Å². The van der Waals surface area contributed by atoms with Crippen molar-refractivity contribution in [3.63, 3.8) is 0 Å². The number of carbonyl (C=O) groups is 1. The lowest BCUT2D eigenvalue weighted by atomic mass is 10.2. The molecule has 2 aromatic rings. The number of amidine groups is 1. The van der Waals surface area contributed by atoms with Crippen molar-refractivity contribution in [1.82, 2.24) is 0 Å². The number of hydrogen-bond acceptors (Lipinski definition) is 6. The van der Waals surface area contributed by atoms with Crippen LogP contribution in [-0.4, -0.2) is 17.9 Å². The topological polar surface area (TPSA) is 75.8 Å². The highest BCUT2D eigenvalue weighted by molar-refractivity contribution is 8.19. The van der Waals surface area contributed by atoms with Gasteiger partial charge in [0, 0.05) is 12.1 Å². The molecule has 2 aliphatic rings. The Balaban J connectivity index is 1.68. The van der Waals surface area contributed by atoms with Crippen molar-refractivity contribution < 1.29 is 18.7 Å². The van der Waals surface area contributed by atoms with E-state index in [4.69, 9.17) is 19.3 Å². The van der Waals surface area contributed by atoms with Crippen LogP contribution in [-0.2, 0) is 4.79 Å². The minimum atomic E-state index is -0.259. The van der Waals surface area contributed by atoms with Crippen molar-refractivity contribution >= 4 is 34.6 Å². The van der Waals surface area contributed by atoms with Crippen LogP contribution >= 0.6 is 11.8 Å². The van der Waals surface area contributed by atoms with Crippen molar-refractivity contribution in [2.45, 2.75) is 0 Å². The molecule has 0 aliphatic carbocycles. The summed E-state index contributed by atoms with van der Waals surface area (Å²) in [7, 11) is 0. The molecule has 1 aromatic carbocycles. The zero-order valence-corrected chi connectivity index (χ0v) is 12.1. The summed E-state index contributed by atoms with van der Waals surface area (Å²) in [6, 6.07) is 8.67. The fourth-order valence-electron chi connectivity index (χ4n) is 2.25. The molecule has 0 saturated carbocycles. The maximum atomic E-state index is 12.5. The van der Waals surface area contributed by atoms with E-state index in [1.165, 1.54) is 11.2 Å². The van der Waals surface area contributed by atoms with Crippen LogP contribution in [0.5, 0.6) is 11.5 Å². The Bertz CT molecular complexity index is 798. The first-order valence-electron chi connectivity index (χ1n) is 6.48. The summed E-state index contributed by atoms with van der Waals surface area (Å²) in [6.45, 7) is 0.169. The predicted octanol–water partition coefficient (Wildman–Crippen LogP) is 3.06. The van der Waals surface area contributed by atoms with Crippen LogP contribution in [0.25, 0.3) is 6.08 Å². The van der Waals surface area contributed by atoms with E-state index >= 15 is 0 Å². The highest BCUT2D eigenvalue weighted by atomic mass is 32.2. The largest absolute Gasteiger partial charge is 0.465 e. The molecule has 0 unspecified atom stereocenters. The van der Waals surface area contributed by atoms with Gasteiger partial charge in [-0.2, -0.15) is 0 Å². The standard InChI is InChI=1S/C15H10N2O4S/c16-15-17(9-3-4-11-12(6-9)21-8-20-11)14(18)13(22-15)7-10-2-1-5-19-10/h1-7,16H,8H2/b13-7+,16-15?. The van der Waals surface area contributed by atoms with E-state index in [0.29, 0.717) is 27.9 Å². The minimum absolute atomic E-state index is 0.140. The van der Waals surface area contributed by atoms with Crippen LogP contribution in [0.3, 0.4) is 0 Å². The molecule has 0 bridgehead atoms. The quantitative estimate of drug-likeness (QED) is 0.862. The number of carbonyl (C=O) groups excluding carboxylic acids is 1. The third kappa shape index (κ3) is 2.06. The molecule has 110 valence electrons. The number of nitrogens with zero attached hydrogens (tertiary/aromatic N) is 1. The number of anilines is 1. The van der Waals surface area contributed by atoms with Crippen molar-refractivity contribution in [3.8, 4) is 11.5 Å². The molecule has 1 amide bonds. The third-order valence-corrected chi connectivity index (χ3v) is 4.14. The summed E-state index contributed by atoms with van der Waals surface area (Å²) in [6.07, 6.45) is 3.17. The van der Waals surface area contributed by atoms with E-state index in [0.717, 1.165) is 11.8 Å². The highest BCUT2D eigenvalue weighted by Gasteiger charge is 2.34. The lowest BCUT2D eigenvalue weighted by Gasteiger charge is -2.14. The van der Waals surface area contributed by atoms with Gasteiger partial charge in [0.05, 0.1) is 16.9 Å². The van der Waals surface area contributed by atoms with E-state index in [2.05, 4.69) is 0 Å². The van der Waals surface area contributed by atoms with Crippen LogP contribution in [0.15, 0.2) is 45.9 Å². The van der Waals surface area contributed by atoms with Crippen molar-refractivity contribution in [1.29, 1.82) is 5.41 Å². The van der Waals surface area contributed by atoms with E-state index in [-0.39, 0.29) is 17.9 Å². The number of hydrogen-bond donors (Lipinski definition) is 1. The molecule has 1 saturated heterocycles. The monoisotopic (exact) mass is 314 g/mol. The zero-order chi connectivity index (χ0) is 15.1. The summed E-state index contributed by atoms with van der Waals surface area (Å²) in [4.78, 5) is 14.3. The van der Waals surface area contributed by atoms with Crippen LogP contribution in [0.2, 0.25) is 0 Å². The first kappa shape index (κ1) is 13.0. The van der Waals surface area contributed by atoms with Crippen LogP contribution in [0, 0.1) is 5.41 Å². The maximum absolute atomic E-state index is 12.5. The molecule has 2 aliphatic heterocycles. The molecule has 7 heteroatoms. The molecule has 1 fully saturated rings. The first-order valence-corrected chi connectivity index (χ1v) is 7.30. The summed E-state index contributed by atoms with van der Waals surface area (Å²) in [5.74, 6) is 1.54. The van der Waals surface area contributed by atoms with E-state index in [1.807, 2.05) is 0 Å². The Labute approximate surface area is 129 Å². The number of amides is 1. The van der Waals surface area contributed by atoms with Gasteiger partial charge in [-0.05, 0) is 36.0 Å². The van der Waals surface area contributed by atoms with Gasteiger partial charge in [0.1, 0.15) is 5.76 Å². The molecule has 22 heavy (non-hydrogen) atoms. The maximum Gasteiger partial charge on any atom is 0.271 e. The molecule has 4 rings (SSSR count). The number of ether oxygens (including phenoxy) is 2. The zero-order valence-electron chi connectivity index (χ0n) is 11.2. The molecular weight excluding hydrogens is 304 g/mol. The lowest BCUT2D eigenvalue weighted by Crippen LogP contribution is -2.28. The fraction of sp³-hybridized carbons (Fsp3) is 0.0667. The van der Waals surface area contributed by atoms with Gasteiger partial charge < -0.3 is 13.9 Å². The minimum Gasteiger partial charge on any atom is -0.465 e. The van der Waals surface area contributed by atoms with Crippen LogP contribution < -0.4 is 14.4 Å². The summed E-state index contributed by atoms with van der Waals surface area (Å²) in [5.41, 5.74) is 0.578. The SMILES string of the molecule is N=C1S/C(=C/c2ccco2)C(=O)N1c1ccc2c(c1)OCO2. The molecule has 3 heterocycles. The number of furan rings is 1. The average molecular weight is 314 g/mol. The number of rotatable bonds is 2. The van der Waals surface area contributed by atoms with Gasteiger partial charge in [-0.3, -0.25) is 15.1 Å². The van der Waals surface area contributed by atoms with E-state index < -0.39 is 0 Å². The summed E-state index contributed by atoms with van der Waals surface area (Å²) < 4.78 is 15.8. The number of nitrogens with one attached hydrogen (secondary N) is 1. The number of fused-ring (bicyclic) bond motifs is 1. The second-order valence-corrected chi connectivity index (χ2v) is 5.64. The van der Waals surface area contributed by atoms with E-state index in [1.54, 1.807) is 36.4 Å². The lowest BCUT2D eigenvalue weighted by molar-refractivity contribution is -0.113. The van der Waals surface area contributed by atoms with Gasteiger partial charge in [0.15, 0.2) is 16.7 Å². The normalized spacial score (nSPS) is 18.5. The molecule has 1 N–H and O–H groups in total. The second-order valence-electron chi connectivity index (χ2n) is 4.61. The molecule has 0 atom stereocenters. The molecule has 0 spiro atoms. The molecule has 0 radical (unpaired) electrons. The molecule has 6 nitrogen and oxygen atoms in total. The Morgan fingerprint density at radius 1 is 1.23 bits per heavy atom. The Morgan fingerprint density at radius 2 is 2.09 bits per heavy atom. The summed E-state index contributed by atoms with van der Waals surface area (Å²) in [5, 5.41) is 8.19. The average Bonchev–Trinajstić information content (AvgIpc) is 3.21. The van der Waals surface area contributed by atoms with Gasteiger partial charge in [0.2, 0.25) is 6.79 Å². The second kappa shape index (κ2) is 4.96. The Kier molecular flexibility index (Phi) is 2.93. The fourth-order valence-corrected chi connectivity index (χ4v) is 3.09. The van der Waals surface area contributed by atoms with E-state index in [9.17, 15) is 4.79 Å². The van der Waals surface area contributed by atoms with Gasteiger partial charge in [-0.25, -0.2) is 0 Å². The first-order chi connectivity index (χ1) is 10.7. The smallest absolute Gasteiger partial charge is 0.271 e.